The van der Waals surface area contributed by atoms with Crippen molar-refractivity contribution in [2.75, 3.05) is 7.11 Å². The second-order valence-electron chi connectivity index (χ2n) is 9.66. The number of benzene rings is 1. The van der Waals surface area contributed by atoms with E-state index < -0.39 is 4.92 Å². The minimum absolute atomic E-state index is 0.0570. The predicted molar refractivity (Wildman–Crippen MR) is 123 cm³/mol. The van der Waals surface area contributed by atoms with Gasteiger partial charge >= 0.3 is 0 Å². The van der Waals surface area contributed by atoms with Gasteiger partial charge in [0.25, 0.3) is 17.5 Å². The van der Waals surface area contributed by atoms with Crippen LogP contribution in [0.3, 0.4) is 0 Å². The van der Waals surface area contributed by atoms with Crippen LogP contribution in [-0.2, 0) is 9.59 Å². The first-order valence-electron chi connectivity index (χ1n) is 11.4. The van der Waals surface area contributed by atoms with E-state index >= 15 is 0 Å². The smallest absolute Gasteiger partial charge is 0.273 e. The number of methoxy groups -OCH3 is 1. The molecule has 9 heteroatoms. The SMILES string of the molecule is COc1cc([N+](=O)[O-])ccc1-n1c(C)cc(/C=N\N2C(=O)[C@@H]3[C@H]4C=C[C@@H]([C@@H]5C[C@H]45)[C@H]3C2=O)c1C. The minimum Gasteiger partial charge on any atom is -0.494 e. The van der Waals surface area contributed by atoms with Crippen LogP contribution >= 0.6 is 0 Å². The molecule has 1 saturated heterocycles. The van der Waals surface area contributed by atoms with Crippen molar-refractivity contribution in [2.45, 2.75) is 20.3 Å². The Balaban J connectivity index is 1.31. The van der Waals surface area contributed by atoms with E-state index in [2.05, 4.69) is 17.3 Å². The van der Waals surface area contributed by atoms with Crippen molar-refractivity contribution >= 4 is 23.7 Å². The molecule has 2 saturated carbocycles. The normalized spacial score (nSPS) is 30.7. The van der Waals surface area contributed by atoms with E-state index in [1.165, 1.54) is 19.2 Å². The Labute approximate surface area is 195 Å². The number of hydrogen-bond donors (Lipinski definition) is 0. The summed E-state index contributed by atoms with van der Waals surface area (Å²) in [6, 6.07) is 6.36. The number of nitrogens with zero attached hydrogens (tertiary/aromatic N) is 4. The van der Waals surface area contributed by atoms with Crippen molar-refractivity contribution in [1.82, 2.24) is 9.58 Å². The van der Waals surface area contributed by atoms with E-state index in [9.17, 15) is 19.7 Å². The molecule has 2 bridgehead atoms. The molecule has 0 radical (unpaired) electrons. The third-order valence-corrected chi connectivity index (χ3v) is 8.04. The molecule has 174 valence electrons. The summed E-state index contributed by atoms with van der Waals surface area (Å²) in [4.78, 5) is 37.0. The molecule has 6 atom stereocenters. The summed E-state index contributed by atoms with van der Waals surface area (Å²) >= 11 is 0. The summed E-state index contributed by atoms with van der Waals surface area (Å²) in [5.41, 5.74) is 3.02. The van der Waals surface area contributed by atoms with Gasteiger partial charge in [0.05, 0.1) is 41.8 Å². The van der Waals surface area contributed by atoms with Gasteiger partial charge in [-0.2, -0.15) is 10.1 Å². The molecule has 34 heavy (non-hydrogen) atoms. The Morgan fingerprint density at radius 2 is 1.74 bits per heavy atom. The van der Waals surface area contributed by atoms with E-state index in [-0.39, 0.29) is 41.2 Å². The summed E-state index contributed by atoms with van der Waals surface area (Å²) in [6.07, 6.45) is 6.96. The van der Waals surface area contributed by atoms with Gasteiger partial charge in [0, 0.05) is 23.0 Å². The number of carbonyl (C=O) groups is 2. The highest BCUT2D eigenvalue weighted by Gasteiger charge is 2.67. The molecule has 5 aliphatic rings. The quantitative estimate of drug-likeness (QED) is 0.223. The van der Waals surface area contributed by atoms with Gasteiger partial charge in [-0.3, -0.25) is 19.7 Å². The van der Waals surface area contributed by atoms with E-state index in [0.717, 1.165) is 28.4 Å². The van der Waals surface area contributed by atoms with E-state index in [1.54, 1.807) is 12.3 Å². The van der Waals surface area contributed by atoms with Gasteiger partial charge in [0.1, 0.15) is 5.75 Å². The highest BCUT2D eigenvalue weighted by molar-refractivity contribution is 6.06. The van der Waals surface area contributed by atoms with Crippen LogP contribution in [0.2, 0.25) is 0 Å². The number of hydrazone groups is 1. The Morgan fingerprint density at radius 1 is 1.09 bits per heavy atom. The Bertz CT molecular complexity index is 1290. The van der Waals surface area contributed by atoms with Gasteiger partial charge in [-0.15, -0.1) is 0 Å². The first kappa shape index (κ1) is 20.8. The van der Waals surface area contributed by atoms with Crippen molar-refractivity contribution in [3.05, 3.63) is 63.5 Å². The fourth-order valence-electron chi connectivity index (χ4n) is 6.43. The molecule has 4 aliphatic carbocycles. The van der Waals surface area contributed by atoms with E-state index in [0.29, 0.717) is 23.3 Å². The van der Waals surface area contributed by atoms with Crippen LogP contribution < -0.4 is 4.74 Å². The maximum Gasteiger partial charge on any atom is 0.273 e. The molecule has 3 fully saturated rings. The zero-order valence-corrected chi connectivity index (χ0v) is 19.0. The summed E-state index contributed by atoms with van der Waals surface area (Å²) in [5, 5.41) is 16.6. The zero-order valence-electron chi connectivity index (χ0n) is 19.0. The summed E-state index contributed by atoms with van der Waals surface area (Å²) in [5.74, 6) is 0.853. The van der Waals surface area contributed by atoms with Crippen LogP contribution in [0, 0.1) is 59.5 Å². The Hall–Kier alpha value is -3.75. The number of nitro benzene ring substituents is 1. The molecule has 0 spiro atoms. The average Bonchev–Trinajstić information content (AvgIpc) is 3.55. The van der Waals surface area contributed by atoms with Crippen molar-refractivity contribution in [1.29, 1.82) is 0 Å². The predicted octanol–water partition coefficient (Wildman–Crippen LogP) is 3.40. The minimum atomic E-state index is -0.466. The standard InChI is InChI=1S/C25H24N4O5/c1-12-8-14(13(2)27(12)20-7-4-15(29(32)33)9-21(20)34-3)11-26-28-24(30)22-16-5-6-17(19-10-18(16)19)23(22)25(28)31/h4-9,11,16-19,22-23H,10H2,1-3H3/b26-11-/t16-,17-,18-,19+,22+,23+/m0/s1. The van der Waals surface area contributed by atoms with Crippen LogP contribution in [-0.4, -0.2) is 39.6 Å². The maximum atomic E-state index is 13.2. The molecular formula is C25H24N4O5. The van der Waals surface area contributed by atoms with E-state index in [1.807, 2.05) is 24.5 Å². The number of imide groups is 1. The second-order valence-corrected chi connectivity index (χ2v) is 9.66. The number of ether oxygens (including phenoxy) is 1. The van der Waals surface area contributed by atoms with Gasteiger partial charge < -0.3 is 9.30 Å². The average molecular weight is 460 g/mol. The molecule has 9 nitrogen and oxygen atoms in total. The number of aromatic nitrogens is 1. The fourth-order valence-corrected chi connectivity index (χ4v) is 6.43. The number of nitro groups is 1. The highest BCUT2D eigenvalue weighted by Crippen LogP contribution is 2.65. The second kappa shape index (κ2) is 7.12. The molecule has 1 aromatic heterocycles. The Kier molecular flexibility index (Phi) is 4.36. The number of rotatable bonds is 5. The first-order chi connectivity index (χ1) is 16.3. The van der Waals surface area contributed by atoms with Gasteiger partial charge in [-0.1, -0.05) is 12.2 Å². The lowest BCUT2D eigenvalue weighted by Gasteiger charge is -2.37. The lowest BCUT2D eigenvalue weighted by atomic mass is 9.63. The summed E-state index contributed by atoms with van der Waals surface area (Å²) in [6.45, 7) is 3.79. The first-order valence-corrected chi connectivity index (χ1v) is 11.4. The fraction of sp³-hybridized carbons (Fsp3) is 0.400. The van der Waals surface area contributed by atoms with Gasteiger partial charge in [-0.05, 0) is 56.1 Å². The maximum absolute atomic E-state index is 13.2. The number of allylic oxidation sites excluding steroid dienone is 2. The van der Waals surface area contributed by atoms with Crippen molar-refractivity contribution in [3.63, 3.8) is 0 Å². The van der Waals surface area contributed by atoms with Crippen LogP contribution in [0.15, 0.2) is 41.5 Å². The molecule has 7 rings (SSSR count). The monoisotopic (exact) mass is 460 g/mol. The molecule has 2 amide bonds. The molecular weight excluding hydrogens is 436 g/mol. The van der Waals surface area contributed by atoms with Crippen LogP contribution in [0.5, 0.6) is 5.75 Å². The third kappa shape index (κ3) is 2.76. The van der Waals surface area contributed by atoms with Crippen molar-refractivity contribution in [3.8, 4) is 11.4 Å². The zero-order chi connectivity index (χ0) is 23.9. The molecule has 2 heterocycles. The van der Waals surface area contributed by atoms with Crippen molar-refractivity contribution < 1.29 is 19.2 Å². The van der Waals surface area contributed by atoms with Gasteiger partial charge in [-0.25, -0.2) is 0 Å². The largest absolute Gasteiger partial charge is 0.494 e. The van der Waals surface area contributed by atoms with Crippen LogP contribution in [0.25, 0.3) is 5.69 Å². The molecule has 1 aliphatic heterocycles. The molecule has 2 aromatic rings. The molecule has 0 unspecified atom stereocenters. The number of non-ortho nitro benzene ring substituents is 1. The molecule has 0 N–H and O–H groups in total. The summed E-state index contributed by atoms with van der Waals surface area (Å²) in [7, 11) is 1.47. The lowest BCUT2D eigenvalue weighted by molar-refractivity contribution is -0.384. The summed E-state index contributed by atoms with van der Waals surface area (Å²) < 4.78 is 7.32. The molecule has 1 aromatic carbocycles. The topological polar surface area (TPSA) is 107 Å². The van der Waals surface area contributed by atoms with Gasteiger partial charge in [0.2, 0.25) is 0 Å². The highest BCUT2D eigenvalue weighted by atomic mass is 16.6. The van der Waals surface area contributed by atoms with Crippen molar-refractivity contribution in [2.24, 2.45) is 40.6 Å². The lowest BCUT2D eigenvalue weighted by Crippen LogP contribution is -2.40. The number of aryl methyl sites for hydroxylation is 1. The van der Waals surface area contributed by atoms with Gasteiger partial charge in [0.15, 0.2) is 0 Å². The Morgan fingerprint density at radius 3 is 2.32 bits per heavy atom. The van der Waals surface area contributed by atoms with Crippen LogP contribution in [0.1, 0.15) is 23.4 Å². The van der Waals surface area contributed by atoms with Crippen LogP contribution in [0.4, 0.5) is 5.69 Å². The number of amides is 2. The number of hydrogen-bond acceptors (Lipinski definition) is 6. The number of carbonyl (C=O) groups excluding carboxylic acids is 2. The van der Waals surface area contributed by atoms with E-state index in [4.69, 9.17) is 4.74 Å². The third-order valence-electron chi connectivity index (χ3n) is 8.04.